The van der Waals surface area contributed by atoms with Crippen LogP contribution in [0, 0.1) is 0 Å². The molecule has 0 aliphatic heterocycles. The lowest BCUT2D eigenvalue weighted by atomic mass is 10.2. The van der Waals surface area contributed by atoms with Gasteiger partial charge in [0.05, 0.1) is 0 Å². The summed E-state index contributed by atoms with van der Waals surface area (Å²) in [6.07, 6.45) is -0.461. The monoisotopic (exact) mass is 262 g/mol. The van der Waals surface area contributed by atoms with Crippen molar-refractivity contribution in [1.82, 2.24) is 0 Å². The standard InChI is InChI=1S/C13H14N2O2S/c14-8-10-3-1-4-11(7-10)15-13(16)17-9-12-5-2-6-18-12/h1-7H,8-9,14H2,(H,15,16). The molecular weight excluding hydrogens is 248 g/mol. The van der Waals surface area contributed by atoms with Gasteiger partial charge in [0, 0.05) is 17.1 Å². The molecule has 18 heavy (non-hydrogen) atoms. The summed E-state index contributed by atoms with van der Waals surface area (Å²) in [5.41, 5.74) is 7.18. The SMILES string of the molecule is NCc1cccc(NC(=O)OCc2cccs2)c1. The van der Waals surface area contributed by atoms with Crippen molar-refractivity contribution in [2.45, 2.75) is 13.2 Å². The fourth-order valence-electron chi connectivity index (χ4n) is 1.46. The highest BCUT2D eigenvalue weighted by molar-refractivity contribution is 7.09. The molecule has 0 aliphatic rings. The molecule has 1 aromatic carbocycles. The molecule has 1 amide bonds. The Morgan fingerprint density at radius 3 is 2.94 bits per heavy atom. The van der Waals surface area contributed by atoms with Gasteiger partial charge in [-0.2, -0.15) is 0 Å². The molecule has 0 atom stereocenters. The molecule has 5 heteroatoms. The van der Waals surface area contributed by atoms with E-state index in [1.807, 2.05) is 35.7 Å². The highest BCUT2D eigenvalue weighted by Gasteiger charge is 2.04. The van der Waals surface area contributed by atoms with E-state index in [4.69, 9.17) is 10.5 Å². The molecule has 2 rings (SSSR count). The Kier molecular flexibility index (Phi) is 4.33. The number of nitrogens with two attached hydrogens (primary N) is 1. The molecule has 0 aliphatic carbocycles. The van der Waals surface area contributed by atoms with Crippen molar-refractivity contribution in [2.75, 3.05) is 5.32 Å². The predicted octanol–water partition coefficient (Wildman–Crippen LogP) is 2.96. The van der Waals surface area contributed by atoms with Crippen molar-refractivity contribution in [3.63, 3.8) is 0 Å². The molecule has 4 nitrogen and oxygen atoms in total. The van der Waals surface area contributed by atoms with Crippen molar-refractivity contribution in [3.05, 3.63) is 52.2 Å². The van der Waals surface area contributed by atoms with Gasteiger partial charge in [0.25, 0.3) is 0 Å². The minimum absolute atomic E-state index is 0.292. The third-order valence-corrected chi connectivity index (χ3v) is 3.18. The predicted molar refractivity (Wildman–Crippen MR) is 72.5 cm³/mol. The first-order chi connectivity index (χ1) is 8.78. The fraction of sp³-hybridized carbons (Fsp3) is 0.154. The number of anilines is 1. The zero-order valence-electron chi connectivity index (χ0n) is 9.76. The normalized spacial score (nSPS) is 10.1. The summed E-state index contributed by atoms with van der Waals surface area (Å²) in [7, 11) is 0. The van der Waals surface area contributed by atoms with Gasteiger partial charge in [-0.1, -0.05) is 18.2 Å². The Balaban J connectivity index is 1.86. The minimum Gasteiger partial charge on any atom is -0.444 e. The number of ether oxygens (including phenoxy) is 1. The lowest BCUT2D eigenvalue weighted by molar-refractivity contribution is 0.156. The summed E-state index contributed by atoms with van der Waals surface area (Å²) in [5.74, 6) is 0. The van der Waals surface area contributed by atoms with Crippen molar-refractivity contribution in [1.29, 1.82) is 0 Å². The van der Waals surface area contributed by atoms with Crippen LogP contribution in [0.1, 0.15) is 10.4 Å². The van der Waals surface area contributed by atoms with E-state index in [-0.39, 0.29) is 0 Å². The average Bonchev–Trinajstić information content (AvgIpc) is 2.90. The maximum atomic E-state index is 11.5. The van der Waals surface area contributed by atoms with Gasteiger partial charge in [0.2, 0.25) is 0 Å². The Bertz CT molecular complexity index is 511. The molecular formula is C13H14N2O2S. The van der Waals surface area contributed by atoms with Crippen LogP contribution < -0.4 is 11.1 Å². The molecule has 0 saturated carbocycles. The first-order valence-corrected chi connectivity index (χ1v) is 6.41. The smallest absolute Gasteiger partial charge is 0.411 e. The summed E-state index contributed by atoms with van der Waals surface area (Å²) in [5, 5.41) is 4.61. The van der Waals surface area contributed by atoms with Gasteiger partial charge < -0.3 is 10.5 Å². The second-order valence-electron chi connectivity index (χ2n) is 3.68. The topological polar surface area (TPSA) is 64.3 Å². The lowest BCUT2D eigenvalue weighted by Gasteiger charge is -2.07. The highest BCUT2D eigenvalue weighted by Crippen LogP contribution is 2.12. The van der Waals surface area contributed by atoms with Crippen LogP contribution in [0.3, 0.4) is 0 Å². The Hall–Kier alpha value is -1.85. The molecule has 0 bridgehead atoms. The number of benzene rings is 1. The quantitative estimate of drug-likeness (QED) is 0.890. The lowest BCUT2D eigenvalue weighted by Crippen LogP contribution is -2.13. The van der Waals surface area contributed by atoms with Crippen LogP contribution in [0.2, 0.25) is 0 Å². The molecule has 1 aromatic heterocycles. The van der Waals surface area contributed by atoms with Crippen molar-refractivity contribution >= 4 is 23.1 Å². The summed E-state index contributed by atoms with van der Waals surface area (Å²) in [6.45, 7) is 0.736. The number of carbonyl (C=O) groups is 1. The van der Waals surface area contributed by atoms with Crippen LogP contribution in [0.15, 0.2) is 41.8 Å². The van der Waals surface area contributed by atoms with Crippen molar-refractivity contribution < 1.29 is 9.53 Å². The van der Waals surface area contributed by atoms with Crippen LogP contribution in [0.4, 0.5) is 10.5 Å². The van der Waals surface area contributed by atoms with Gasteiger partial charge in [-0.05, 0) is 29.1 Å². The van der Waals surface area contributed by atoms with E-state index >= 15 is 0 Å². The fourth-order valence-corrected chi connectivity index (χ4v) is 2.08. The molecule has 0 unspecified atom stereocenters. The Morgan fingerprint density at radius 1 is 1.33 bits per heavy atom. The summed E-state index contributed by atoms with van der Waals surface area (Å²) >= 11 is 1.56. The van der Waals surface area contributed by atoms with Crippen molar-refractivity contribution in [2.24, 2.45) is 5.73 Å². The molecule has 0 spiro atoms. The highest BCUT2D eigenvalue weighted by atomic mass is 32.1. The van der Waals surface area contributed by atoms with Crippen LogP contribution in [0.5, 0.6) is 0 Å². The summed E-state index contributed by atoms with van der Waals surface area (Å²) in [4.78, 5) is 12.6. The molecule has 0 radical (unpaired) electrons. The summed E-state index contributed by atoms with van der Waals surface area (Å²) < 4.78 is 5.09. The van der Waals surface area contributed by atoms with Crippen LogP contribution in [0.25, 0.3) is 0 Å². The average molecular weight is 262 g/mol. The molecule has 1 heterocycles. The number of hydrogen-bond donors (Lipinski definition) is 2. The van der Waals surface area contributed by atoms with E-state index in [0.717, 1.165) is 10.4 Å². The third kappa shape index (κ3) is 3.58. The van der Waals surface area contributed by atoms with Crippen molar-refractivity contribution in [3.8, 4) is 0 Å². The zero-order chi connectivity index (χ0) is 12.8. The first-order valence-electron chi connectivity index (χ1n) is 5.53. The number of nitrogens with one attached hydrogen (secondary N) is 1. The number of carbonyl (C=O) groups excluding carboxylic acids is 1. The third-order valence-electron chi connectivity index (χ3n) is 2.33. The van der Waals surface area contributed by atoms with E-state index in [9.17, 15) is 4.79 Å². The maximum absolute atomic E-state index is 11.5. The van der Waals surface area contributed by atoms with Gasteiger partial charge in [0.15, 0.2) is 0 Å². The van der Waals surface area contributed by atoms with E-state index in [1.54, 1.807) is 17.4 Å². The van der Waals surface area contributed by atoms with Gasteiger partial charge in [-0.3, -0.25) is 5.32 Å². The summed E-state index contributed by atoms with van der Waals surface area (Å²) in [6, 6.07) is 11.2. The number of amides is 1. The maximum Gasteiger partial charge on any atom is 0.411 e. The van der Waals surface area contributed by atoms with Crippen LogP contribution in [-0.4, -0.2) is 6.09 Å². The number of thiophene rings is 1. The van der Waals surface area contributed by atoms with E-state index in [2.05, 4.69) is 5.32 Å². The van der Waals surface area contributed by atoms with Crippen LogP contribution >= 0.6 is 11.3 Å². The van der Waals surface area contributed by atoms with E-state index in [1.165, 1.54) is 0 Å². The number of hydrogen-bond acceptors (Lipinski definition) is 4. The molecule has 2 aromatic rings. The molecule has 0 saturated heterocycles. The van der Waals surface area contributed by atoms with Gasteiger partial charge >= 0.3 is 6.09 Å². The second-order valence-corrected chi connectivity index (χ2v) is 4.72. The van der Waals surface area contributed by atoms with Gasteiger partial charge in [-0.25, -0.2) is 4.79 Å². The first kappa shape index (κ1) is 12.6. The minimum atomic E-state index is -0.461. The molecule has 0 fully saturated rings. The Labute approximate surface area is 109 Å². The largest absolute Gasteiger partial charge is 0.444 e. The molecule has 3 N–H and O–H groups in total. The van der Waals surface area contributed by atoms with E-state index in [0.29, 0.717) is 18.8 Å². The van der Waals surface area contributed by atoms with Gasteiger partial charge in [0.1, 0.15) is 6.61 Å². The second kappa shape index (κ2) is 6.18. The molecule has 94 valence electrons. The zero-order valence-corrected chi connectivity index (χ0v) is 10.6. The number of rotatable bonds is 4. The Morgan fingerprint density at radius 2 is 2.22 bits per heavy atom. The van der Waals surface area contributed by atoms with Crippen LogP contribution in [-0.2, 0) is 17.9 Å². The van der Waals surface area contributed by atoms with Gasteiger partial charge in [-0.15, -0.1) is 11.3 Å². The van der Waals surface area contributed by atoms with E-state index < -0.39 is 6.09 Å².